The van der Waals surface area contributed by atoms with E-state index in [1.807, 2.05) is 30.1 Å². The van der Waals surface area contributed by atoms with Crippen LogP contribution in [0.3, 0.4) is 0 Å². The van der Waals surface area contributed by atoms with Crippen molar-refractivity contribution in [3.8, 4) is 17.2 Å². The molecule has 1 aliphatic rings. The number of aryl methyl sites for hydroxylation is 2. The van der Waals surface area contributed by atoms with Crippen molar-refractivity contribution in [3.63, 3.8) is 0 Å². The molecule has 5 rings (SSSR count). The summed E-state index contributed by atoms with van der Waals surface area (Å²) in [5, 5.41) is 3.61. The van der Waals surface area contributed by atoms with E-state index in [2.05, 4.69) is 53.3 Å². The van der Waals surface area contributed by atoms with Gasteiger partial charge < -0.3 is 34.3 Å². The van der Waals surface area contributed by atoms with Crippen LogP contribution in [0.1, 0.15) is 52.2 Å². The van der Waals surface area contributed by atoms with E-state index >= 15 is 0 Å². The third-order valence-electron chi connectivity index (χ3n) is 8.87. The standard InChI is InChI=1S/C35H45N5O4/c1-23-11-12-25(19-24(23)2)26(22-39(3)34(41)27-20-31(42-4)33(44-6)32(21-27)43-5)13-16-40-17-14-28(15-18-40)36-35-37-29-9-7-8-10-30(29)38-35/h7-12,19-21,26,28H,13-18,22H2,1-6H3,(H2,36,37,38). The summed E-state index contributed by atoms with van der Waals surface area (Å²) in [4.78, 5) is 26.1. The number of nitrogens with zero attached hydrogens (tertiary/aromatic N) is 3. The van der Waals surface area contributed by atoms with E-state index < -0.39 is 0 Å². The first-order chi connectivity index (χ1) is 21.3. The van der Waals surface area contributed by atoms with Gasteiger partial charge in [-0.1, -0.05) is 30.3 Å². The minimum absolute atomic E-state index is 0.0874. The van der Waals surface area contributed by atoms with E-state index in [-0.39, 0.29) is 11.8 Å². The molecule has 234 valence electrons. The molecule has 1 amide bonds. The van der Waals surface area contributed by atoms with Crippen molar-refractivity contribution in [1.29, 1.82) is 0 Å². The average molecular weight is 600 g/mol. The monoisotopic (exact) mass is 599 g/mol. The third kappa shape index (κ3) is 7.10. The highest BCUT2D eigenvalue weighted by Gasteiger charge is 2.25. The van der Waals surface area contributed by atoms with Gasteiger partial charge in [-0.25, -0.2) is 4.98 Å². The van der Waals surface area contributed by atoms with Crippen molar-refractivity contribution >= 4 is 22.9 Å². The summed E-state index contributed by atoms with van der Waals surface area (Å²) in [5.74, 6) is 2.35. The number of hydrogen-bond donors (Lipinski definition) is 2. The van der Waals surface area contributed by atoms with Gasteiger partial charge in [0.25, 0.3) is 5.91 Å². The number of nitrogens with one attached hydrogen (secondary N) is 2. The zero-order valence-corrected chi connectivity index (χ0v) is 26.8. The molecular formula is C35H45N5O4. The van der Waals surface area contributed by atoms with Crippen LogP contribution < -0.4 is 19.5 Å². The Morgan fingerprint density at radius 2 is 1.70 bits per heavy atom. The molecule has 9 nitrogen and oxygen atoms in total. The van der Waals surface area contributed by atoms with E-state index in [0.29, 0.717) is 35.4 Å². The van der Waals surface area contributed by atoms with Crippen molar-refractivity contribution < 1.29 is 19.0 Å². The molecule has 0 bridgehead atoms. The van der Waals surface area contributed by atoms with Crippen LogP contribution in [0.15, 0.2) is 54.6 Å². The van der Waals surface area contributed by atoms with Gasteiger partial charge in [0.05, 0.1) is 32.4 Å². The maximum Gasteiger partial charge on any atom is 0.253 e. The van der Waals surface area contributed by atoms with E-state index in [1.54, 1.807) is 33.5 Å². The van der Waals surface area contributed by atoms with Gasteiger partial charge in [-0.05, 0) is 80.6 Å². The lowest BCUT2D eigenvalue weighted by Gasteiger charge is -2.34. The SMILES string of the molecule is COc1cc(C(=O)N(C)CC(CCN2CCC(Nc3nc4ccccc4[nH]3)CC2)c2ccc(C)c(C)c2)cc(OC)c1OC. The molecular weight excluding hydrogens is 554 g/mol. The summed E-state index contributed by atoms with van der Waals surface area (Å²) in [7, 11) is 6.54. The van der Waals surface area contributed by atoms with Crippen LogP contribution >= 0.6 is 0 Å². The number of para-hydroxylation sites is 2. The molecule has 4 aromatic rings. The average Bonchev–Trinajstić information content (AvgIpc) is 3.46. The van der Waals surface area contributed by atoms with E-state index in [9.17, 15) is 4.79 Å². The molecule has 2 N–H and O–H groups in total. The van der Waals surface area contributed by atoms with Crippen LogP contribution in [0.4, 0.5) is 5.95 Å². The number of anilines is 1. The molecule has 1 aromatic heterocycles. The highest BCUT2D eigenvalue weighted by Crippen LogP contribution is 2.38. The van der Waals surface area contributed by atoms with Crippen molar-refractivity contribution in [1.82, 2.24) is 19.8 Å². The number of rotatable bonds is 12. The first-order valence-electron chi connectivity index (χ1n) is 15.4. The molecule has 0 radical (unpaired) electrons. The second-order valence-corrected chi connectivity index (χ2v) is 11.8. The first-order valence-corrected chi connectivity index (χ1v) is 15.4. The molecule has 0 saturated carbocycles. The fraction of sp³-hybridized carbons (Fsp3) is 0.429. The molecule has 3 aromatic carbocycles. The van der Waals surface area contributed by atoms with Crippen LogP contribution in [0, 0.1) is 13.8 Å². The molecule has 0 aliphatic carbocycles. The van der Waals surface area contributed by atoms with Crippen molar-refractivity contribution in [2.24, 2.45) is 0 Å². The van der Waals surface area contributed by atoms with E-state index in [0.717, 1.165) is 55.9 Å². The van der Waals surface area contributed by atoms with Crippen LogP contribution in [0.5, 0.6) is 17.2 Å². The van der Waals surface area contributed by atoms with Crippen LogP contribution in [-0.2, 0) is 0 Å². The summed E-state index contributed by atoms with van der Waals surface area (Å²) < 4.78 is 16.4. The Morgan fingerprint density at radius 3 is 2.34 bits per heavy atom. The number of methoxy groups -OCH3 is 3. The smallest absolute Gasteiger partial charge is 0.253 e. The Labute approximate surface area is 260 Å². The van der Waals surface area contributed by atoms with Gasteiger partial charge >= 0.3 is 0 Å². The Balaban J connectivity index is 1.23. The van der Waals surface area contributed by atoms with Crippen LogP contribution in [0.25, 0.3) is 11.0 Å². The molecule has 9 heteroatoms. The number of carbonyl (C=O) groups excluding carboxylic acids is 1. The number of fused-ring (bicyclic) bond motifs is 1. The van der Waals surface area contributed by atoms with Gasteiger partial charge in [0.1, 0.15) is 0 Å². The zero-order valence-electron chi connectivity index (χ0n) is 26.8. The van der Waals surface area contributed by atoms with E-state index in [1.165, 1.54) is 16.7 Å². The topological polar surface area (TPSA) is 92.0 Å². The van der Waals surface area contributed by atoms with Crippen molar-refractivity contribution in [3.05, 3.63) is 76.9 Å². The van der Waals surface area contributed by atoms with Gasteiger partial charge in [-0.2, -0.15) is 0 Å². The quantitative estimate of drug-likeness (QED) is 0.206. The minimum Gasteiger partial charge on any atom is -0.493 e. The Kier molecular flexibility index (Phi) is 9.95. The summed E-state index contributed by atoms with van der Waals surface area (Å²) in [6.07, 6.45) is 3.08. The summed E-state index contributed by atoms with van der Waals surface area (Å²) in [6, 6.07) is 18.6. The van der Waals surface area contributed by atoms with Gasteiger partial charge in [0.15, 0.2) is 11.5 Å². The number of aromatic nitrogens is 2. The molecule has 1 saturated heterocycles. The number of H-pyrrole nitrogens is 1. The molecule has 1 fully saturated rings. The highest BCUT2D eigenvalue weighted by atomic mass is 16.5. The number of piperidine rings is 1. The number of aromatic amines is 1. The largest absolute Gasteiger partial charge is 0.493 e. The lowest BCUT2D eigenvalue weighted by molar-refractivity contribution is 0.0781. The van der Waals surface area contributed by atoms with Gasteiger partial charge in [-0.3, -0.25) is 4.79 Å². The predicted molar refractivity (Wildman–Crippen MR) is 176 cm³/mol. The Morgan fingerprint density at radius 1 is 1.00 bits per heavy atom. The number of carbonyl (C=O) groups is 1. The maximum atomic E-state index is 13.7. The van der Waals surface area contributed by atoms with Gasteiger partial charge in [0.2, 0.25) is 11.7 Å². The zero-order chi connectivity index (χ0) is 31.2. The predicted octanol–water partition coefficient (Wildman–Crippen LogP) is 6.03. The minimum atomic E-state index is -0.0874. The molecule has 1 aliphatic heterocycles. The molecule has 1 unspecified atom stereocenters. The maximum absolute atomic E-state index is 13.7. The van der Waals surface area contributed by atoms with E-state index in [4.69, 9.17) is 19.2 Å². The highest BCUT2D eigenvalue weighted by molar-refractivity contribution is 5.95. The molecule has 44 heavy (non-hydrogen) atoms. The summed E-state index contributed by atoms with van der Waals surface area (Å²) in [6.45, 7) is 7.91. The number of likely N-dealkylation sites (N-methyl/N-ethyl adjacent to an activating group) is 1. The van der Waals surface area contributed by atoms with Crippen LogP contribution in [0.2, 0.25) is 0 Å². The third-order valence-corrected chi connectivity index (χ3v) is 8.87. The summed E-state index contributed by atoms with van der Waals surface area (Å²) in [5.41, 5.74) is 6.34. The lowest BCUT2D eigenvalue weighted by Crippen LogP contribution is -2.40. The summed E-state index contributed by atoms with van der Waals surface area (Å²) >= 11 is 0. The lowest BCUT2D eigenvalue weighted by atomic mass is 9.91. The first kappa shape index (κ1) is 31.2. The Hall–Kier alpha value is -4.24. The second-order valence-electron chi connectivity index (χ2n) is 11.8. The fourth-order valence-corrected chi connectivity index (χ4v) is 6.07. The number of hydrogen-bond acceptors (Lipinski definition) is 7. The van der Waals surface area contributed by atoms with Crippen molar-refractivity contribution in [2.75, 3.05) is 59.9 Å². The normalized spacial score (nSPS) is 14.8. The number of benzene rings is 3. The van der Waals surface area contributed by atoms with Crippen molar-refractivity contribution in [2.45, 2.75) is 45.1 Å². The number of likely N-dealkylation sites (tertiary alicyclic amines) is 1. The second kappa shape index (κ2) is 14.0. The molecule has 1 atom stereocenters. The Bertz CT molecular complexity index is 1520. The number of imidazole rings is 1. The number of ether oxygens (including phenoxy) is 3. The van der Waals surface area contributed by atoms with Gasteiger partial charge in [-0.15, -0.1) is 0 Å². The fourth-order valence-electron chi connectivity index (χ4n) is 6.07. The van der Waals surface area contributed by atoms with Crippen LogP contribution in [-0.4, -0.2) is 86.3 Å². The van der Waals surface area contributed by atoms with Gasteiger partial charge in [0, 0.05) is 44.2 Å². The number of amides is 1. The molecule has 0 spiro atoms. The molecule has 2 heterocycles.